The first kappa shape index (κ1) is 13.0. The molecule has 0 aliphatic heterocycles. The van der Waals surface area contributed by atoms with E-state index in [1.165, 1.54) is 0 Å². The molecule has 2 nitrogen and oxygen atoms in total. The minimum atomic E-state index is 0.575. The summed E-state index contributed by atoms with van der Waals surface area (Å²) in [5.41, 5.74) is 2.66. The van der Waals surface area contributed by atoms with Crippen LogP contribution in [-0.2, 0) is 0 Å². The molecule has 20 heavy (non-hydrogen) atoms. The zero-order valence-electron chi connectivity index (χ0n) is 10.5. The molecule has 0 atom stereocenters. The summed E-state index contributed by atoms with van der Waals surface area (Å²) in [6, 6.07) is 18.2. The second-order valence-electron chi connectivity index (χ2n) is 3.89. The summed E-state index contributed by atoms with van der Waals surface area (Å²) in [6.07, 6.45) is 0. The maximum absolute atomic E-state index is 8.78. The highest BCUT2D eigenvalue weighted by atomic mass is 14.2. The van der Waals surface area contributed by atoms with Crippen molar-refractivity contribution in [2.24, 2.45) is 0 Å². The maximum atomic E-state index is 8.78. The molecule has 0 N–H and O–H groups in total. The van der Waals surface area contributed by atoms with Gasteiger partial charge in [0.25, 0.3) is 0 Å². The Morgan fingerprint density at radius 3 is 1.40 bits per heavy atom. The largest absolute Gasteiger partial charge is 0.192 e. The Labute approximate surface area is 117 Å². The van der Waals surface area contributed by atoms with Crippen molar-refractivity contribution in [3.05, 3.63) is 70.8 Å². The van der Waals surface area contributed by atoms with Crippen LogP contribution in [0.1, 0.15) is 22.3 Å². The summed E-state index contributed by atoms with van der Waals surface area (Å²) in [4.78, 5) is 0. The van der Waals surface area contributed by atoms with E-state index < -0.39 is 0 Å². The van der Waals surface area contributed by atoms with Crippen LogP contribution in [0.3, 0.4) is 0 Å². The number of nitriles is 2. The number of benzene rings is 2. The zero-order chi connectivity index (χ0) is 14.2. The van der Waals surface area contributed by atoms with E-state index in [0.717, 1.165) is 11.1 Å². The molecule has 0 unspecified atom stereocenters. The summed E-state index contributed by atoms with van der Waals surface area (Å²) >= 11 is 0. The van der Waals surface area contributed by atoms with Crippen molar-refractivity contribution >= 4 is 0 Å². The molecule has 0 saturated carbocycles. The lowest BCUT2D eigenvalue weighted by Crippen LogP contribution is -1.78. The quantitative estimate of drug-likeness (QED) is 0.677. The van der Waals surface area contributed by atoms with Crippen LogP contribution in [0.15, 0.2) is 48.5 Å². The van der Waals surface area contributed by atoms with Gasteiger partial charge in [-0.25, -0.2) is 0 Å². The predicted molar refractivity (Wildman–Crippen MR) is 76.1 cm³/mol. The molecule has 90 valence electrons. The molecule has 0 aliphatic carbocycles. The van der Waals surface area contributed by atoms with Crippen LogP contribution in [0.4, 0.5) is 0 Å². The lowest BCUT2D eigenvalue weighted by atomic mass is 10.1. The third-order valence-electron chi connectivity index (χ3n) is 2.46. The van der Waals surface area contributed by atoms with Crippen LogP contribution in [0.25, 0.3) is 0 Å². The van der Waals surface area contributed by atoms with Gasteiger partial charge in [-0.15, -0.1) is 0 Å². The van der Waals surface area contributed by atoms with Crippen molar-refractivity contribution in [2.75, 3.05) is 0 Å². The Bertz CT molecular complexity index is 767. The van der Waals surface area contributed by atoms with Crippen molar-refractivity contribution in [3.63, 3.8) is 0 Å². The molecule has 0 spiro atoms. The normalized spacial score (nSPS) is 8.10. The van der Waals surface area contributed by atoms with Gasteiger partial charge in [0.05, 0.1) is 23.3 Å². The Morgan fingerprint density at radius 2 is 1.00 bits per heavy atom. The van der Waals surface area contributed by atoms with Crippen LogP contribution >= 0.6 is 0 Å². The van der Waals surface area contributed by atoms with E-state index in [0.29, 0.717) is 11.1 Å². The molecule has 0 fully saturated rings. The molecule has 0 bridgehead atoms. The van der Waals surface area contributed by atoms with E-state index in [1.807, 2.05) is 12.1 Å². The third kappa shape index (κ3) is 3.51. The van der Waals surface area contributed by atoms with E-state index in [-0.39, 0.29) is 0 Å². The zero-order valence-corrected chi connectivity index (χ0v) is 10.5. The number of nitrogens with zero attached hydrogens (tertiary/aromatic N) is 2. The van der Waals surface area contributed by atoms with Crippen molar-refractivity contribution in [1.29, 1.82) is 10.5 Å². The lowest BCUT2D eigenvalue weighted by Gasteiger charge is -1.89. The summed E-state index contributed by atoms with van der Waals surface area (Å²) in [7, 11) is 0. The first-order chi connectivity index (χ1) is 9.81. The summed E-state index contributed by atoms with van der Waals surface area (Å²) < 4.78 is 0. The molecule has 2 aromatic rings. The number of hydrogen-bond donors (Lipinski definition) is 0. The smallest absolute Gasteiger partial charge is 0.0992 e. The van der Waals surface area contributed by atoms with Gasteiger partial charge in [0.1, 0.15) is 0 Å². The van der Waals surface area contributed by atoms with Crippen LogP contribution < -0.4 is 0 Å². The summed E-state index contributed by atoms with van der Waals surface area (Å²) in [5, 5.41) is 17.6. The molecule has 0 heterocycles. The second kappa shape index (κ2) is 6.47. The van der Waals surface area contributed by atoms with Gasteiger partial charge in [-0.3, -0.25) is 0 Å². The number of hydrogen-bond acceptors (Lipinski definition) is 2. The standard InChI is InChI=1S/C18H8N2/c19-13-17-9-3-7-15(11-17)5-1-2-6-16-8-4-10-18(12-16)14-20/h3-4,7-12H. The van der Waals surface area contributed by atoms with Crippen LogP contribution in [0.5, 0.6) is 0 Å². The minimum Gasteiger partial charge on any atom is -0.192 e. The van der Waals surface area contributed by atoms with E-state index in [9.17, 15) is 0 Å². The van der Waals surface area contributed by atoms with Gasteiger partial charge in [-0.2, -0.15) is 10.5 Å². The van der Waals surface area contributed by atoms with E-state index >= 15 is 0 Å². The highest BCUT2D eigenvalue weighted by Gasteiger charge is 1.91. The van der Waals surface area contributed by atoms with Gasteiger partial charge in [0.15, 0.2) is 0 Å². The monoisotopic (exact) mass is 252 g/mol. The summed E-state index contributed by atoms with van der Waals surface area (Å²) in [6.45, 7) is 0. The molecule has 0 saturated heterocycles. The van der Waals surface area contributed by atoms with Crippen LogP contribution in [0.2, 0.25) is 0 Å². The Morgan fingerprint density at radius 1 is 0.600 bits per heavy atom. The highest BCUT2D eigenvalue weighted by molar-refractivity contribution is 5.48. The van der Waals surface area contributed by atoms with E-state index in [1.54, 1.807) is 36.4 Å². The molecule has 2 heteroatoms. The molecule has 0 aliphatic rings. The first-order valence-corrected chi connectivity index (χ1v) is 5.84. The summed E-state index contributed by atoms with van der Waals surface area (Å²) in [5.74, 6) is 11.2. The molecule has 0 aromatic heterocycles. The highest BCUT2D eigenvalue weighted by Crippen LogP contribution is 2.03. The third-order valence-corrected chi connectivity index (χ3v) is 2.46. The molecular formula is C18H8N2. The molecule has 0 amide bonds. The Hall–Kier alpha value is -3.46. The topological polar surface area (TPSA) is 47.6 Å². The maximum Gasteiger partial charge on any atom is 0.0992 e. The minimum absolute atomic E-state index is 0.575. The van der Waals surface area contributed by atoms with Crippen molar-refractivity contribution in [3.8, 4) is 35.8 Å². The van der Waals surface area contributed by atoms with Gasteiger partial charge in [0, 0.05) is 11.1 Å². The number of rotatable bonds is 0. The SMILES string of the molecule is N#Cc1cccc(C#CC#Cc2cccc(C#N)c2)c1. The molecule has 2 rings (SSSR count). The molecule has 2 aromatic carbocycles. The van der Waals surface area contributed by atoms with Gasteiger partial charge in [-0.1, -0.05) is 24.0 Å². The fraction of sp³-hybridized carbons (Fsp3) is 0. The first-order valence-electron chi connectivity index (χ1n) is 5.84. The predicted octanol–water partition coefficient (Wildman–Crippen LogP) is 2.83. The Balaban J connectivity index is 2.18. The second-order valence-corrected chi connectivity index (χ2v) is 3.89. The van der Waals surface area contributed by atoms with Crippen LogP contribution in [-0.4, -0.2) is 0 Å². The van der Waals surface area contributed by atoms with Crippen molar-refractivity contribution in [1.82, 2.24) is 0 Å². The molecular weight excluding hydrogens is 244 g/mol. The lowest BCUT2D eigenvalue weighted by molar-refractivity contribution is 1.48. The fourth-order valence-electron chi connectivity index (χ4n) is 1.54. The average molecular weight is 252 g/mol. The van der Waals surface area contributed by atoms with Gasteiger partial charge in [0.2, 0.25) is 0 Å². The van der Waals surface area contributed by atoms with Gasteiger partial charge in [-0.05, 0) is 48.2 Å². The molecule has 0 radical (unpaired) electrons. The van der Waals surface area contributed by atoms with Gasteiger partial charge >= 0.3 is 0 Å². The van der Waals surface area contributed by atoms with Crippen molar-refractivity contribution < 1.29 is 0 Å². The average Bonchev–Trinajstić information content (AvgIpc) is 2.52. The van der Waals surface area contributed by atoms with E-state index in [2.05, 4.69) is 35.8 Å². The van der Waals surface area contributed by atoms with Crippen LogP contribution in [0, 0.1) is 46.3 Å². The van der Waals surface area contributed by atoms with Gasteiger partial charge < -0.3 is 0 Å². The fourth-order valence-corrected chi connectivity index (χ4v) is 1.54. The van der Waals surface area contributed by atoms with E-state index in [4.69, 9.17) is 10.5 Å². The Kier molecular flexibility index (Phi) is 4.20. The van der Waals surface area contributed by atoms with Crippen molar-refractivity contribution in [2.45, 2.75) is 0 Å².